The van der Waals surface area contributed by atoms with Crippen molar-refractivity contribution in [3.8, 4) is 28.8 Å². The lowest BCUT2D eigenvalue weighted by Gasteiger charge is -2.31. The van der Waals surface area contributed by atoms with Crippen LogP contribution in [-0.2, 0) is 16.0 Å². The lowest BCUT2D eigenvalue weighted by molar-refractivity contribution is -0.142. The van der Waals surface area contributed by atoms with E-state index >= 15 is 0 Å². The monoisotopic (exact) mass is 506 g/mol. The van der Waals surface area contributed by atoms with Crippen LogP contribution in [-0.4, -0.2) is 38.6 Å². The number of ether oxygens (including phenoxy) is 1. The number of para-hydroxylation sites is 1. The predicted octanol–water partition coefficient (Wildman–Crippen LogP) is 5.56. The summed E-state index contributed by atoms with van der Waals surface area (Å²) in [5.41, 5.74) is 6.08. The molecular formula is C31H30N4O3. The maximum absolute atomic E-state index is 13.6. The van der Waals surface area contributed by atoms with Crippen molar-refractivity contribution >= 4 is 17.9 Å². The van der Waals surface area contributed by atoms with Gasteiger partial charge in [0.1, 0.15) is 23.5 Å². The number of fused-ring (bicyclic) bond motifs is 1. The van der Waals surface area contributed by atoms with Crippen LogP contribution in [0.4, 0.5) is 0 Å². The molecule has 2 aromatic carbocycles. The number of aryl methyl sites for hydroxylation is 1. The number of benzene rings is 2. The lowest BCUT2D eigenvalue weighted by atomic mass is 9.91. The number of nitrogens with zero attached hydrogens (tertiary/aromatic N) is 4. The second-order valence-corrected chi connectivity index (χ2v) is 10.0. The van der Waals surface area contributed by atoms with Crippen LogP contribution in [0, 0.1) is 18.3 Å². The number of hydrogen-bond donors (Lipinski definition) is 0. The van der Waals surface area contributed by atoms with Crippen molar-refractivity contribution in [1.82, 2.24) is 14.7 Å². The lowest BCUT2D eigenvalue weighted by Crippen LogP contribution is -2.47. The quantitative estimate of drug-likeness (QED) is 0.334. The number of imide groups is 1. The number of nitriles is 1. The summed E-state index contributed by atoms with van der Waals surface area (Å²) in [5.74, 6) is -0.0112. The summed E-state index contributed by atoms with van der Waals surface area (Å²) >= 11 is 0. The minimum absolute atomic E-state index is 0.00679. The number of aromatic nitrogens is 2. The van der Waals surface area contributed by atoms with E-state index in [1.54, 1.807) is 17.7 Å². The Bertz CT molecular complexity index is 1560. The highest BCUT2D eigenvalue weighted by Gasteiger charge is 2.38. The number of rotatable bonds is 5. The molecule has 5 rings (SSSR count). The third-order valence-corrected chi connectivity index (χ3v) is 7.32. The molecule has 0 spiro atoms. The van der Waals surface area contributed by atoms with Gasteiger partial charge in [0.25, 0.3) is 11.8 Å². The molecule has 2 atom stereocenters. The molecule has 0 saturated heterocycles. The molecular weight excluding hydrogens is 476 g/mol. The largest absolute Gasteiger partial charge is 0.490 e. The van der Waals surface area contributed by atoms with Gasteiger partial charge in [-0.05, 0) is 81.2 Å². The molecule has 7 heteroatoms. The molecule has 0 fully saturated rings. The normalized spacial score (nSPS) is 19.0. The Morgan fingerprint density at radius 3 is 2.61 bits per heavy atom. The fourth-order valence-electron chi connectivity index (χ4n) is 5.12. The van der Waals surface area contributed by atoms with Crippen LogP contribution >= 0.6 is 0 Å². The molecule has 38 heavy (non-hydrogen) atoms. The van der Waals surface area contributed by atoms with Crippen molar-refractivity contribution in [2.24, 2.45) is 0 Å². The van der Waals surface area contributed by atoms with Crippen molar-refractivity contribution in [2.75, 3.05) is 0 Å². The molecule has 2 aliphatic rings. The van der Waals surface area contributed by atoms with Crippen LogP contribution in [0.2, 0.25) is 0 Å². The first-order chi connectivity index (χ1) is 18.2. The van der Waals surface area contributed by atoms with Crippen LogP contribution < -0.4 is 4.74 Å². The van der Waals surface area contributed by atoms with Crippen molar-refractivity contribution in [2.45, 2.75) is 59.6 Å². The number of carbonyl (C=O) groups is 2. The zero-order valence-corrected chi connectivity index (χ0v) is 22.3. The van der Waals surface area contributed by atoms with E-state index in [4.69, 9.17) is 9.84 Å². The summed E-state index contributed by atoms with van der Waals surface area (Å²) in [4.78, 5) is 27.8. The van der Waals surface area contributed by atoms with Gasteiger partial charge in [0, 0.05) is 35.4 Å². The molecule has 192 valence electrons. The fourth-order valence-corrected chi connectivity index (χ4v) is 5.12. The Balaban J connectivity index is 1.72. The predicted molar refractivity (Wildman–Crippen MR) is 145 cm³/mol. The van der Waals surface area contributed by atoms with Crippen molar-refractivity contribution in [1.29, 1.82) is 5.26 Å². The number of hydrogen-bond acceptors (Lipinski definition) is 5. The second-order valence-electron chi connectivity index (χ2n) is 10.0. The molecule has 3 heterocycles. The molecule has 2 aliphatic heterocycles. The molecule has 0 radical (unpaired) electrons. The number of carbonyl (C=O) groups excluding carboxylic acids is 2. The van der Waals surface area contributed by atoms with Gasteiger partial charge in [-0.3, -0.25) is 14.5 Å². The van der Waals surface area contributed by atoms with Gasteiger partial charge in [-0.15, -0.1) is 0 Å². The second kappa shape index (κ2) is 9.79. The molecule has 2 amide bonds. The van der Waals surface area contributed by atoms with Crippen molar-refractivity contribution in [3.63, 3.8) is 0 Å². The number of amides is 2. The summed E-state index contributed by atoms with van der Waals surface area (Å²) in [5, 5.41) is 14.7. The van der Waals surface area contributed by atoms with Gasteiger partial charge in [0.15, 0.2) is 0 Å². The Morgan fingerprint density at radius 2 is 1.92 bits per heavy atom. The van der Waals surface area contributed by atoms with E-state index in [0.717, 1.165) is 40.1 Å². The standard InChI is InChI=1S/C31H30N4O3/c1-6-19(3)35-30(36)26(21(5)27(16-32)31(35)37)15-24-17-34(25-10-8-7-9-11-25)33-28(24)22-12-18(2)29-23(14-22)13-20(4)38-29/h7-12,14-15,17,19-20H,6,13H2,1-5H3/b26-15+. The third-order valence-electron chi connectivity index (χ3n) is 7.32. The SMILES string of the molecule is CCC(C)N1C(=O)C(C#N)=C(C)/C(=C\c2cn(-c3ccccc3)nc2-c2cc(C)c3c(c2)CC(C)O3)C1=O. The summed E-state index contributed by atoms with van der Waals surface area (Å²) in [6, 6.07) is 15.6. The van der Waals surface area contributed by atoms with Crippen molar-refractivity contribution < 1.29 is 14.3 Å². The van der Waals surface area contributed by atoms with Crippen LogP contribution in [0.15, 0.2) is 65.4 Å². The van der Waals surface area contributed by atoms with Gasteiger partial charge in [0.2, 0.25) is 0 Å². The van der Waals surface area contributed by atoms with E-state index in [1.807, 2.05) is 63.4 Å². The van der Waals surface area contributed by atoms with E-state index in [2.05, 4.69) is 19.1 Å². The highest BCUT2D eigenvalue weighted by Crippen LogP contribution is 2.38. The van der Waals surface area contributed by atoms with Crippen LogP contribution in [0.1, 0.15) is 50.8 Å². The molecule has 0 aliphatic carbocycles. The minimum atomic E-state index is -0.537. The van der Waals surface area contributed by atoms with Crippen molar-refractivity contribution in [3.05, 3.63) is 82.1 Å². The van der Waals surface area contributed by atoms with Gasteiger partial charge in [-0.25, -0.2) is 4.68 Å². The van der Waals surface area contributed by atoms with Gasteiger partial charge < -0.3 is 4.74 Å². The molecule has 7 nitrogen and oxygen atoms in total. The average molecular weight is 507 g/mol. The average Bonchev–Trinajstić information content (AvgIpc) is 3.50. The Kier molecular flexibility index (Phi) is 6.50. The first-order valence-electron chi connectivity index (χ1n) is 12.9. The van der Waals surface area contributed by atoms with Crippen LogP contribution in [0.5, 0.6) is 5.75 Å². The Morgan fingerprint density at radius 1 is 1.18 bits per heavy atom. The van der Waals surface area contributed by atoms with E-state index < -0.39 is 11.8 Å². The Hall–Kier alpha value is -4.44. The van der Waals surface area contributed by atoms with Crippen LogP contribution in [0.25, 0.3) is 23.0 Å². The third kappa shape index (κ3) is 4.22. The maximum Gasteiger partial charge on any atom is 0.271 e. The molecule has 3 aromatic rings. The van der Waals surface area contributed by atoms with Gasteiger partial charge >= 0.3 is 0 Å². The summed E-state index contributed by atoms with van der Waals surface area (Å²) in [6.07, 6.45) is 5.17. The van der Waals surface area contributed by atoms with Gasteiger partial charge in [-0.1, -0.05) is 25.1 Å². The molecule has 0 bridgehead atoms. The van der Waals surface area contributed by atoms with E-state index in [0.29, 0.717) is 23.3 Å². The zero-order chi connectivity index (χ0) is 27.1. The topological polar surface area (TPSA) is 88.2 Å². The first-order valence-corrected chi connectivity index (χ1v) is 12.9. The molecule has 0 saturated carbocycles. The fraction of sp³-hybridized carbons (Fsp3) is 0.290. The van der Waals surface area contributed by atoms with E-state index in [9.17, 15) is 14.9 Å². The first kappa shape index (κ1) is 25.2. The summed E-state index contributed by atoms with van der Waals surface area (Å²) in [6.45, 7) is 9.47. The van der Waals surface area contributed by atoms with E-state index in [1.165, 1.54) is 4.90 Å². The molecule has 2 unspecified atom stereocenters. The molecule has 0 N–H and O–H groups in total. The highest BCUT2D eigenvalue weighted by atomic mass is 16.5. The molecule has 1 aromatic heterocycles. The van der Waals surface area contributed by atoms with Crippen LogP contribution in [0.3, 0.4) is 0 Å². The smallest absolute Gasteiger partial charge is 0.271 e. The van der Waals surface area contributed by atoms with E-state index in [-0.39, 0.29) is 17.7 Å². The minimum Gasteiger partial charge on any atom is -0.490 e. The maximum atomic E-state index is 13.6. The Labute approximate surface area is 222 Å². The highest BCUT2D eigenvalue weighted by molar-refractivity contribution is 6.20. The van der Waals surface area contributed by atoms with Gasteiger partial charge in [0.05, 0.1) is 11.4 Å². The van der Waals surface area contributed by atoms with Gasteiger partial charge in [-0.2, -0.15) is 10.4 Å². The summed E-state index contributed by atoms with van der Waals surface area (Å²) in [7, 11) is 0. The summed E-state index contributed by atoms with van der Waals surface area (Å²) < 4.78 is 7.80. The zero-order valence-electron chi connectivity index (χ0n) is 22.3.